The SMILES string of the molecule is CC1C(c2nccs2)OC(=O)N1c1cc(-c2cnc(N)nc2C(F)(F)F)nc(N2CCOCC2)n1. The zero-order valence-corrected chi connectivity index (χ0v) is 19.1. The average molecular weight is 508 g/mol. The number of nitrogens with two attached hydrogens (primary N) is 1. The lowest BCUT2D eigenvalue weighted by Crippen LogP contribution is -2.38. The van der Waals surface area contributed by atoms with Crippen LogP contribution < -0.4 is 15.5 Å². The molecule has 35 heavy (non-hydrogen) atoms. The number of carbonyl (C=O) groups excluding carboxylic acids is 1. The van der Waals surface area contributed by atoms with E-state index in [0.717, 1.165) is 6.20 Å². The van der Waals surface area contributed by atoms with Gasteiger partial charge in [-0.15, -0.1) is 11.3 Å². The van der Waals surface area contributed by atoms with Gasteiger partial charge in [-0.2, -0.15) is 18.2 Å². The van der Waals surface area contributed by atoms with E-state index in [1.807, 2.05) is 0 Å². The van der Waals surface area contributed by atoms with E-state index in [1.54, 1.807) is 23.4 Å². The first-order chi connectivity index (χ1) is 16.7. The van der Waals surface area contributed by atoms with Gasteiger partial charge in [0.05, 0.1) is 24.9 Å². The van der Waals surface area contributed by atoms with Gasteiger partial charge in [-0.05, 0) is 6.92 Å². The predicted octanol–water partition coefficient (Wildman–Crippen LogP) is 2.91. The summed E-state index contributed by atoms with van der Waals surface area (Å²) in [6.45, 7) is 3.40. The van der Waals surface area contributed by atoms with Crippen LogP contribution in [0.4, 0.5) is 35.7 Å². The number of morpholine rings is 1. The zero-order chi connectivity index (χ0) is 24.7. The molecule has 2 aliphatic rings. The van der Waals surface area contributed by atoms with Gasteiger partial charge < -0.3 is 20.1 Å². The predicted molar refractivity (Wildman–Crippen MR) is 119 cm³/mol. The minimum atomic E-state index is -4.81. The van der Waals surface area contributed by atoms with Crippen LogP contribution in [0.15, 0.2) is 23.8 Å². The molecular weight excluding hydrogens is 489 g/mol. The first-order valence-electron chi connectivity index (χ1n) is 10.5. The fourth-order valence-electron chi connectivity index (χ4n) is 3.89. The Morgan fingerprint density at radius 3 is 2.63 bits per heavy atom. The second-order valence-corrected chi connectivity index (χ2v) is 8.71. The lowest BCUT2D eigenvalue weighted by Gasteiger charge is -2.28. The highest BCUT2D eigenvalue weighted by Crippen LogP contribution is 2.39. The van der Waals surface area contributed by atoms with E-state index in [0.29, 0.717) is 31.3 Å². The Kier molecular flexibility index (Phi) is 5.88. The number of ether oxygens (including phenoxy) is 2. The van der Waals surface area contributed by atoms with E-state index in [1.165, 1.54) is 22.3 Å². The first-order valence-corrected chi connectivity index (χ1v) is 11.4. The van der Waals surface area contributed by atoms with E-state index >= 15 is 0 Å². The number of alkyl halides is 3. The second kappa shape index (κ2) is 8.88. The number of halogens is 3. The Labute approximate surface area is 200 Å². The van der Waals surface area contributed by atoms with Crippen molar-refractivity contribution in [2.75, 3.05) is 41.8 Å². The largest absolute Gasteiger partial charge is 0.436 e. The monoisotopic (exact) mass is 508 g/mol. The molecule has 1 amide bonds. The molecular formula is C20H19F3N8O3S. The van der Waals surface area contributed by atoms with Crippen molar-refractivity contribution in [2.45, 2.75) is 25.2 Å². The molecule has 184 valence electrons. The van der Waals surface area contributed by atoms with Gasteiger partial charge in [-0.25, -0.2) is 24.7 Å². The number of aromatic nitrogens is 5. The molecule has 2 unspecified atom stereocenters. The van der Waals surface area contributed by atoms with Crippen LogP contribution in [-0.4, -0.2) is 63.4 Å². The summed E-state index contributed by atoms with van der Waals surface area (Å²) in [4.78, 5) is 36.2. The summed E-state index contributed by atoms with van der Waals surface area (Å²) in [5.41, 5.74) is 3.69. The molecule has 2 N–H and O–H groups in total. The Morgan fingerprint density at radius 2 is 1.94 bits per heavy atom. The zero-order valence-electron chi connectivity index (χ0n) is 18.3. The van der Waals surface area contributed by atoms with Gasteiger partial charge in [0.25, 0.3) is 0 Å². The minimum absolute atomic E-state index is 0.0815. The highest BCUT2D eigenvalue weighted by atomic mass is 32.1. The normalized spacial score (nSPS) is 20.9. The summed E-state index contributed by atoms with van der Waals surface area (Å²) in [6.07, 6.45) is -3.60. The van der Waals surface area contributed by atoms with Crippen LogP contribution in [0.5, 0.6) is 0 Å². The molecule has 0 radical (unpaired) electrons. The molecule has 5 rings (SSSR count). The maximum Gasteiger partial charge on any atom is 0.434 e. The summed E-state index contributed by atoms with van der Waals surface area (Å²) in [6, 6.07) is 0.759. The van der Waals surface area contributed by atoms with Gasteiger partial charge in [-0.3, -0.25) is 4.90 Å². The summed E-state index contributed by atoms with van der Waals surface area (Å²) >= 11 is 1.33. The molecule has 2 aliphatic heterocycles. The number of amides is 1. The number of nitrogens with zero attached hydrogens (tertiary/aromatic N) is 7. The van der Waals surface area contributed by atoms with Crippen molar-refractivity contribution in [1.82, 2.24) is 24.9 Å². The first kappa shape index (κ1) is 23.2. The molecule has 0 bridgehead atoms. The molecule has 2 atom stereocenters. The second-order valence-electron chi connectivity index (χ2n) is 7.78. The number of hydrogen-bond acceptors (Lipinski definition) is 11. The van der Waals surface area contributed by atoms with E-state index in [-0.39, 0.29) is 23.0 Å². The maximum absolute atomic E-state index is 13.8. The lowest BCUT2D eigenvalue weighted by molar-refractivity contribution is -0.140. The van der Waals surface area contributed by atoms with Crippen molar-refractivity contribution in [3.05, 3.63) is 34.5 Å². The molecule has 2 fully saturated rings. The van der Waals surface area contributed by atoms with Crippen molar-refractivity contribution >= 4 is 35.1 Å². The molecule has 2 saturated heterocycles. The molecule has 0 spiro atoms. The van der Waals surface area contributed by atoms with Gasteiger partial charge in [0, 0.05) is 42.5 Å². The Bertz CT molecular complexity index is 1240. The summed E-state index contributed by atoms with van der Waals surface area (Å²) in [5.74, 6) is -0.298. The number of anilines is 3. The summed E-state index contributed by atoms with van der Waals surface area (Å²) in [7, 11) is 0. The Balaban J connectivity index is 1.63. The molecule has 0 aliphatic carbocycles. The van der Waals surface area contributed by atoms with Crippen molar-refractivity contribution in [3.8, 4) is 11.3 Å². The van der Waals surface area contributed by atoms with Crippen LogP contribution in [0.2, 0.25) is 0 Å². The van der Waals surface area contributed by atoms with Crippen LogP contribution in [0.1, 0.15) is 23.7 Å². The van der Waals surface area contributed by atoms with Gasteiger partial charge in [0.15, 0.2) is 11.8 Å². The fourth-order valence-corrected chi connectivity index (χ4v) is 4.65. The molecule has 5 heterocycles. The van der Waals surface area contributed by atoms with E-state index in [2.05, 4.69) is 24.9 Å². The molecule has 15 heteroatoms. The van der Waals surface area contributed by atoms with Gasteiger partial charge in [-0.1, -0.05) is 0 Å². The van der Waals surface area contributed by atoms with Crippen molar-refractivity contribution in [3.63, 3.8) is 0 Å². The number of cyclic esters (lactones) is 1. The topological polar surface area (TPSA) is 132 Å². The fraction of sp³-hybridized carbons (Fsp3) is 0.400. The molecule has 0 saturated carbocycles. The van der Waals surface area contributed by atoms with E-state index < -0.39 is 36.1 Å². The van der Waals surface area contributed by atoms with Crippen LogP contribution in [0, 0.1) is 0 Å². The van der Waals surface area contributed by atoms with Crippen LogP contribution in [0.3, 0.4) is 0 Å². The molecule has 3 aromatic rings. The quantitative estimate of drug-likeness (QED) is 0.561. The highest BCUT2D eigenvalue weighted by molar-refractivity contribution is 7.09. The van der Waals surface area contributed by atoms with Crippen molar-refractivity contribution < 1.29 is 27.4 Å². The van der Waals surface area contributed by atoms with Crippen LogP contribution in [0.25, 0.3) is 11.3 Å². The standard InChI is InChI=1S/C20H19F3N8O3S/c1-10-14(16-25-2-7-35-16)34-19(32)31(10)13-8-12(27-18(28-13)30-3-5-33-6-4-30)11-9-26-17(24)29-15(11)20(21,22)23/h2,7-10,14H,3-6H2,1H3,(H2,24,26,29). The average Bonchev–Trinajstić information content (AvgIpc) is 3.46. The van der Waals surface area contributed by atoms with E-state index in [4.69, 9.17) is 15.2 Å². The summed E-state index contributed by atoms with van der Waals surface area (Å²) < 4.78 is 52.3. The van der Waals surface area contributed by atoms with Crippen molar-refractivity contribution in [2.24, 2.45) is 0 Å². The third-order valence-electron chi connectivity index (χ3n) is 5.56. The number of rotatable bonds is 4. The van der Waals surface area contributed by atoms with Gasteiger partial charge in [0.2, 0.25) is 11.9 Å². The minimum Gasteiger partial charge on any atom is -0.436 e. The van der Waals surface area contributed by atoms with E-state index in [9.17, 15) is 18.0 Å². The van der Waals surface area contributed by atoms with Gasteiger partial charge in [0.1, 0.15) is 10.8 Å². The lowest BCUT2D eigenvalue weighted by atomic mass is 10.1. The number of hydrogen-bond donors (Lipinski definition) is 1. The molecule has 11 nitrogen and oxygen atoms in total. The number of carbonyl (C=O) groups is 1. The maximum atomic E-state index is 13.8. The number of thiazole rings is 1. The molecule has 3 aromatic heterocycles. The third kappa shape index (κ3) is 4.43. The third-order valence-corrected chi connectivity index (χ3v) is 6.40. The smallest absolute Gasteiger partial charge is 0.434 e. The van der Waals surface area contributed by atoms with Crippen LogP contribution in [-0.2, 0) is 15.7 Å². The Morgan fingerprint density at radius 1 is 1.17 bits per heavy atom. The Hall–Kier alpha value is -3.59. The highest BCUT2D eigenvalue weighted by Gasteiger charge is 2.43. The summed E-state index contributed by atoms with van der Waals surface area (Å²) in [5, 5.41) is 2.36. The van der Waals surface area contributed by atoms with Crippen LogP contribution >= 0.6 is 11.3 Å². The van der Waals surface area contributed by atoms with Gasteiger partial charge >= 0.3 is 12.3 Å². The van der Waals surface area contributed by atoms with Crippen molar-refractivity contribution in [1.29, 1.82) is 0 Å². The molecule has 0 aromatic carbocycles. The number of nitrogen functional groups attached to an aromatic ring is 1.